The Morgan fingerprint density at radius 1 is 1.00 bits per heavy atom. The maximum absolute atomic E-state index is 12.7. The van der Waals surface area contributed by atoms with Crippen LogP contribution in [0.2, 0.25) is 0 Å². The third kappa shape index (κ3) is 6.27. The van der Waals surface area contributed by atoms with Gasteiger partial charge in [-0.25, -0.2) is 12.7 Å². The summed E-state index contributed by atoms with van der Waals surface area (Å²) in [6, 6.07) is 8.37. The van der Waals surface area contributed by atoms with E-state index in [1.54, 1.807) is 6.92 Å². The van der Waals surface area contributed by atoms with E-state index < -0.39 is 10.0 Å². The number of benzene rings is 1. The van der Waals surface area contributed by atoms with Gasteiger partial charge in [-0.15, -0.1) is 0 Å². The third-order valence-electron chi connectivity index (χ3n) is 6.25. The summed E-state index contributed by atoms with van der Waals surface area (Å²) < 4.78 is 25.5. The normalized spacial score (nSPS) is 20.3. The number of carbonyl (C=O) groups excluding carboxylic acids is 1. The van der Waals surface area contributed by atoms with Gasteiger partial charge in [-0.2, -0.15) is 0 Å². The van der Waals surface area contributed by atoms with E-state index in [0.717, 1.165) is 19.6 Å². The van der Waals surface area contributed by atoms with E-state index in [1.807, 2.05) is 6.07 Å². The molecular formula is C22H35N3O3S. The second-order valence-electron chi connectivity index (χ2n) is 8.25. The van der Waals surface area contributed by atoms with E-state index in [9.17, 15) is 13.2 Å². The van der Waals surface area contributed by atoms with Crippen molar-refractivity contribution in [2.24, 2.45) is 5.92 Å². The Kier molecular flexibility index (Phi) is 8.09. The minimum absolute atomic E-state index is 0.0446. The summed E-state index contributed by atoms with van der Waals surface area (Å²) in [5.74, 6) is 0.0664. The molecule has 0 bridgehead atoms. The van der Waals surface area contributed by atoms with Gasteiger partial charge >= 0.3 is 0 Å². The second-order valence-corrected chi connectivity index (χ2v) is 10.5. The van der Waals surface area contributed by atoms with Crippen molar-refractivity contribution in [1.82, 2.24) is 14.5 Å². The van der Waals surface area contributed by atoms with Crippen LogP contribution >= 0.6 is 0 Å². The molecule has 1 N–H and O–H groups in total. The van der Waals surface area contributed by atoms with E-state index in [0.29, 0.717) is 32.5 Å². The molecule has 2 saturated heterocycles. The fourth-order valence-electron chi connectivity index (χ4n) is 4.32. The summed E-state index contributed by atoms with van der Waals surface area (Å²) in [5, 5.41) is 3.10. The van der Waals surface area contributed by atoms with Crippen LogP contribution in [0.4, 0.5) is 0 Å². The van der Waals surface area contributed by atoms with Crippen LogP contribution in [-0.2, 0) is 27.9 Å². The lowest BCUT2D eigenvalue weighted by molar-refractivity contribution is -0.126. The average Bonchev–Trinajstić information content (AvgIpc) is 3.01. The van der Waals surface area contributed by atoms with Crippen molar-refractivity contribution in [1.29, 1.82) is 0 Å². The molecule has 6 nitrogen and oxygen atoms in total. The molecule has 2 heterocycles. The topological polar surface area (TPSA) is 69.7 Å². The van der Waals surface area contributed by atoms with E-state index >= 15 is 0 Å². The predicted octanol–water partition coefficient (Wildman–Crippen LogP) is 2.74. The SMILES string of the molecule is CCS(=O)(=O)N1CCC(C(=O)NCc2ccccc2CN2CCCCCC2)CC1. The van der Waals surface area contributed by atoms with Gasteiger partial charge in [-0.05, 0) is 56.8 Å². The Labute approximate surface area is 175 Å². The molecule has 1 aromatic carbocycles. The Hall–Kier alpha value is -1.44. The van der Waals surface area contributed by atoms with Crippen LogP contribution < -0.4 is 5.32 Å². The number of piperidine rings is 1. The minimum atomic E-state index is -3.15. The molecule has 0 atom stereocenters. The molecule has 29 heavy (non-hydrogen) atoms. The van der Waals surface area contributed by atoms with Crippen LogP contribution in [0.3, 0.4) is 0 Å². The minimum Gasteiger partial charge on any atom is -0.352 e. The summed E-state index contributed by atoms with van der Waals surface area (Å²) >= 11 is 0. The van der Waals surface area contributed by atoms with Crippen molar-refractivity contribution in [3.05, 3.63) is 35.4 Å². The lowest BCUT2D eigenvalue weighted by Gasteiger charge is -2.30. The highest BCUT2D eigenvalue weighted by Crippen LogP contribution is 2.21. The number of nitrogens with zero attached hydrogens (tertiary/aromatic N) is 2. The van der Waals surface area contributed by atoms with Gasteiger partial charge in [-0.3, -0.25) is 9.69 Å². The Bertz CT molecular complexity index is 765. The summed E-state index contributed by atoms with van der Waals surface area (Å²) in [4.78, 5) is 15.2. The van der Waals surface area contributed by atoms with Crippen LogP contribution in [0.1, 0.15) is 56.6 Å². The first kappa shape index (κ1) is 22.2. The van der Waals surface area contributed by atoms with Crippen LogP contribution in [0.15, 0.2) is 24.3 Å². The summed E-state index contributed by atoms with van der Waals surface area (Å²) in [5.41, 5.74) is 2.47. The average molecular weight is 422 g/mol. The molecule has 0 aromatic heterocycles. The number of hydrogen-bond acceptors (Lipinski definition) is 4. The van der Waals surface area contributed by atoms with E-state index in [2.05, 4.69) is 28.4 Å². The van der Waals surface area contributed by atoms with E-state index in [1.165, 1.54) is 41.1 Å². The van der Waals surface area contributed by atoms with E-state index in [4.69, 9.17) is 0 Å². The van der Waals surface area contributed by atoms with Crippen LogP contribution in [0.25, 0.3) is 0 Å². The molecule has 0 aliphatic carbocycles. The third-order valence-corrected chi connectivity index (χ3v) is 8.13. The van der Waals surface area contributed by atoms with Gasteiger partial charge < -0.3 is 5.32 Å². The largest absolute Gasteiger partial charge is 0.352 e. The first-order valence-electron chi connectivity index (χ1n) is 11.0. The van der Waals surface area contributed by atoms with Crippen molar-refractivity contribution >= 4 is 15.9 Å². The van der Waals surface area contributed by atoms with Gasteiger partial charge in [0.2, 0.25) is 15.9 Å². The van der Waals surface area contributed by atoms with Gasteiger partial charge in [-0.1, -0.05) is 37.1 Å². The summed E-state index contributed by atoms with van der Waals surface area (Å²) in [7, 11) is -3.15. The second kappa shape index (κ2) is 10.5. The highest BCUT2D eigenvalue weighted by molar-refractivity contribution is 7.89. The molecule has 0 spiro atoms. The Morgan fingerprint density at radius 3 is 2.24 bits per heavy atom. The molecular weight excluding hydrogens is 386 g/mol. The number of hydrogen-bond donors (Lipinski definition) is 1. The van der Waals surface area contributed by atoms with E-state index in [-0.39, 0.29) is 17.6 Å². The monoisotopic (exact) mass is 421 g/mol. The van der Waals surface area contributed by atoms with Crippen molar-refractivity contribution < 1.29 is 13.2 Å². The number of nitrogens with one attached hydrogen (secondary N) is 1. The molecule has 7 heteroatoms. The highest BCUT2D eigenvalue weighted by Gasteiger charge is 2.30. The molecule has 162 valence electrons. The standard InChI is InChI=1S/C22H35N3O3S/c1-2-29(27,28)25-15-11-19(12-16-25)22(26)23-17-20-9-5-6-10-21(20)18-24-13-7-3-4-8-14-24/h5-6,9-10,19H,2-4,7-8,11-18H2,1H3,(H,23,26). The maximum atomic E-state index is 12.7. The number of amides is 1. The molecule has 2 aliphatic rings. The van der Waals surface area contributed by atoms with Gasteiger partial charge in [0.05, 0.1) is 5.75 Å². The Morgan fingerprint density at radius 2 is 1.62 bits per heavy atom. The summed E-state index contributed by atoms with van der Waals surface area (Å²) in [6.45, 7) is 6.34. The molecule has 2 fully saturated rings. The number of likely N-dealkylation sites (tertiary alicyclic amines) is 1. The van der Waals surface area contributed by atoms with Gasteiger partial charge in [0.15, 0.2) is 0 Å². The zero-order valence-corrected chi connectivity index (χ0v) is 18.4. The molecule has 1 aromatic rings. The van der Waals surface area contributed by atoms with Crippen molar-refractivity contribution in [2.75, 3.05) is 31.9 Å². The Balaban J connectivity index is 1.52. The molecule has 0 radical (unpaired) electrons. The smallest absolute Gasteiger partial charge is 0.223 e. The van der Waals surface area contributed by atoms with Crippen LogP contribution in [0, 0.1) is 5.92 Å². The fraction of sp³-hybridized carbons (Fsp3) is 0.682. The van der Waals surface area contributed by atoms with Crippen LogP contribution in [-0.4, -0.2) is 55.5 Å². The predicted molar refractivity (Wildman–Crippen MR) is 116 cm³/mol. The first-order valence-corrected chi connectivity index (χ1v) is 12.6. The molecule has 0 saturated carbocycles. The zero-order chi connectivity index (χ0) is 20.7. The van der Waals surface area contributed by atoms with Crippen LogP contribution in [0.5, 0.6) is 0 Å². The summed E-state index contributed by atoms with van der Waals surface area (Å²) in [6.07, 6.45) is 6.39. The lowest BCUT2D eigenvalue weighted by Crippen LogP contribution is -2.43. The highest BCUT2D eigenvalue weighted by atomic mass is 32.2. The van der Waals surface area contributed by atoms with Gasteiger partial charge in [0.1, 0.15) is 0 Å². The first-order chi connectivity index (χ1) is 14.0. The van der Waals surface area contributed by atoms with Crippen molar-refractivity contribution in [3.63, 3.8) is 0 Å². The molecule has 1 amide bonds. The fourth-order valence-corrected chi connectivity index (χ4v) is 5.46. The zero-order valence-electron chi connectivity index (χ0n) is 17.6. The quantitative estimate of drug-likeness (QED) is 0.735. The molecule has 3 rings (SSSR count). The lowest BCUT2D eigenvalue weighted by atomic mass is 9.97. The number of sulfonamides is 1. The molecule has 2 aliphatic heterocycles. The number of rotatable bonds is 7. The number of carbonyl (C=O) groups is 1. The van der Waals surface area contributed by atoms with Crippen molar-refractivity contribution in [3.8, 4) is 0 Å². The van der Waals surface area contributed by atoms with Gasteiger partial charge in [0, 0.05) is 32.1 Å². The van der Waals surface area contributed by atoms with Gasteiger partial charge in [0.25, 0.3) is 0 Å². The maximum Gasteiger partial charge on any atom is 0.223 e. The van der Waals surface area contributed by atoms with Crippen molar-refractivity contribution in [2.45, 2.75) is 58.5 Å². The molecule has 0 unspecified atom stereocenters.